The highest BCUT2D eigenvalue weighted by atomic mass is 16.6. The molecule has 0 fully saturated rings. The van der Waals surface area contributed by atoms with E-state index in [1.807, 2.05) is 56.5 Å². The van der Waals surface area contributed by atoms with Crippen LogP contribution in [0.1, 0.15) is 53.4 Å². The van der Waals surface area contributed by atoms with Crippen molar-refractivity contribution in [3.05, 3.63) is 52.9 Å². The molecular formula is C22H26N4O4. The van der Waals surface area contributed by atoms with E-state index in [2.05, 4.69) is 15.5 Å². The van der Waals surface area contributed by atoms with E-state index in [-0.39, 0.29) is 17.9 Å². The van der Waals surface area contributed by atoms with Crippen molar-refractivity contribution in [2.75, 3.05) is 13.2 Å². The topological polar surface area (TPSA) is 91.4 Å². The lowest BCUT2D eigenvalue weighted by Gasteiger charge is -2.20. The number of aromatic nitrogens is 3. The Labute approximate surface area is 175 Å². The molecule has 3 aromatic rings. The van der Waals surface area contributed by atoms with Gasteiger partial charge >= 0.3 is 0 Å². The van der Waals surface area contributed by atoms with Crippen molar-refractivity contribution < 1.29 is 18.8 Å². The molecule has 0 saturated heterocycles. The summed E-state index contributed by atoms with van der Waals surface area (Å²) in [6, 6.07) is 7.32. The van der Waals surface area contributed by atoms with Gasteiger partial charge in [-0.15, -0.1) is 0 Å². The quantitative estimate of drug-likeness (QED) is 0.690. The second-order valence-electron chi connectivity index (χ2n) is 7.82. The SMILES string of the molecule is Cc1noc([C@H](NC(=O)c2cc(C)n(-c3ccc4c(c3)OCCO4)c2C)C(C)C)n1. The fourth-order valence-corrected chi connectivity index (χ4v) is 3.73. The fourth-order valence-electron chi connectivity index (χ4n) is 3.73. The van der Waals surface area contributed by atoms with E-state index < -0.39 is 0 Å². The molecule has 8 heteroatoms. The van der Waals surface area contributed by atoms with Crippen molar-refractivity contribution in [1.82, 2.24) is 20.0 Å². The molecule has 2 aromatic heterocycles. The van der Waals surface area contributed by atoms with Crippen molar-refractivity contribution in [1.29, 1.82) is 0 Å². The molecule has 1 aromatic carbocycles. The number of hydrogen-bond donors (Lipinski definition) is 1. The highest BCUT2D eigenvalue weighted by Crippen LogP contribution is 2.33. The smallest absolute Gasteiger partial charge is 0.253 e. The number of fused-ring (bicyclic) bond motifs is 1. The van der Waals surface area contributed by atoms with Gasteiger partial charge in [0.1, 0.15) is 19.3 Å². The molecule has 0 radical (unpaired) electrons. The molecule has 8 nitrogen and oxygen atoms in total. The summed E-state index contributed by atoms with van der Waals surface area (Å²) in [6.45, 7) is 10.7. The van der Waals surface area contributed by atoms with E-state index in [4.69, 9.17) is 14.0 Å². The molecular weight excluding hydrogens is 384 g/mol. The van der Waals surface area contributed by atoms with Gasteiger partial charge in [-0.3, -0.25) is 4.79 Å². The molecule has 0 saturated carbocycles. The van der Waals surface area contributed by atoms with Crippen molar-refractivity contribution in [3.63, 3.8) is 0 Å². The van der Waals surface area contributed by atoms with Crippen LogP contribution in [0.25, 0.3) is 5.69 Å². The van der Waals surface area contributed by atoms with Crippen LogP contribution in [0.15, 0.2) is 28.8 Å². The minimum atomic E-state index is -0.365. The largest absolute Gasteiger partial charge is 0.486 e. The average molecular weight is 410 g/mol. The van der Waals surface area contributed by atoms with E-state index in [1.165, 1.54) is 0 Å². The zero-order valence-electron chi connectivity index (χ0n) is 17.9. The van der Waals surface area contributed by atoms with Crippen LogP contribution in [0.2, 0.25) is 0 Å². The Bertz CT molecular complexity index is 1080. The Morgan fingerprint density at radius 3 is 2.50 bits per heavy atom. The molecule has 158 valence electrons. The van der Waals surface area contributed by atoms with Crippen LogP contribution in [-0.4, -0.2) is 33.8 Å². The van der Waals surface area contributed by atoms with Gasteiger partial charge in [0.15, 0.2) is 17.3 Å². The van der Waals surface area contributed by atoms with Gasteiger partial charge in [0, 0.05) is 23.1 Å². The van der Waals surface area contributed by atoms with Crippen molar-refractivity contribution >= 4 is 5.91 Å². The maximum absolute atomic E-state index is 13.1. The lowest BCUT2D eigenvalue weighted by atomic mass is 10.0. The Hall–Kier alpha value is -3.29. The maximum Gasteiger partial charge on any atom is 0.253 e. The number of nitrogens with one attached hydrogen (secondary N) is 1. The molecule has 0 unspecified atom stereocenters. The molecule has 0 bridgehead atoms. The average Bonchev–Trinajstić information content (AvgIpc) is 3.28. The van der Waals surface area contributed by atoms with Crippen LogP contribution in [0.4, 0.5) is 0 Å². The second kappa shape index (κ2) is 7.85. The van der Waals surface area contributed by atoms with E-state index in [1.54, 1.807) is 6.92 Å². The summed E-state index contributed by atoms with van der Waals surface area (Å²) < 4.78 is 18.7. The summed E-state index contributed by atoms with van der Waals surface area (Å²) in [4.78, 5) is 17.4. The van der Waals surface area contributed by atoms with Crippen LogP contribution in [-0.2, 0) is 0 Å². The second-order valence-corrected chi connectivity index (χ2v) is 7.82. The van der Waals surface area contributed by atoms with Gasteiger partial charge in [-0.05, 0) is 44.9 Å². The van der Waals surface area contributed by atoms with Gasteiger partial charge in [0.25, 0.3) is 5.91 Å². The number of aryl methyl sites for hydroxylation is 2. The van der Waals surface area contributed by atoms with E-state index in [0.29, 0.717) is 36.2 Å². The third kappa shape index (κ3) is 3.65. The highest BCUT2D eigenvalue weighted by Gasteiger charge is 2.26. The van der Waals surface area contributed by atoms with E-state index in [9.17, 15) is 4.79 Å². The number of benzene rings is 1. The number of carbonyl (C=O) groups excluding carboxylic acids is 1. The molecule has 0 aliphatic carbocycles. The normalized spacial score (nSPS) is 14.1. The lowest BCUT2D eigenvalue weighted by molar-refractivity contribution is 0.0913. The Kier molecular flexibility index (Phi) is 5.24. The molecule has 1 aliphatic heterocycles. The first kappa shape index (κ1) is 20.0. The van der Waals surface area contributed by atoms with Crippen LogP contribution < -0.4 is 14.8 Å². The number of nitrogens with zero attached hydrogens (tertiary/aromatic N) is 3. The van der Waals surface area contributed by atoms with Crippen LogP contribution >= 0.6 is 0 Å². The lowest BCUT2D eigenvalue weighted by Crippen LogP contribution is -2.32. The molecule has 0 spiro atoms. The molecule has 1 aliphatic rings. The third-order valence-corrected chi connectivity index (χ3v) is 5.22. The first-order valence-corrected chi connectivity index (χ1v) is 10.0. The number of hydrogen-bond acceptors (Lipinski definition) is 6. The number of amides is 1. The van der Waals surface area contributed by atoms with Gasteiger partial charge in [0.05, 0.1) is 5.56 Å². The monoisotopic (exact) mass is 410 g/mol. The van der Waals surface area contributed by atoms with E-state index >= 15 is 0 Å². The Balaban J connectivity index is 1.63. The predicted molar refractivity (Wildman–Crippen MR) is 110 cm³/mol. The first-order valence-electron chi connectivity index (χ1n) is 10.0. The highest BCUT2D eigenvalue weighted by molar-refractivity contribution is 5.96. The molecule has 1 N–H and O–H groups in total. The summed E-state index contributed by atoms with van der Waals surface area (Å²) in [6.07, 6.45) is 0. The molecule has 1 atom stereocenters. The molecule has 3 heterocycles. The summed E-state index contributed by atoms with van der Waals surface area (Å²) in [5, 5.41) is 6.90. The zero-order chi connectivity index (χ0) is 21.4. The van der Waals surface area contributed by atoms with Crippen molar-refractivity contribution in [2.45, 2.75) is 40.7 Å². The minimum absolute atomic E-state index is 0.0927. The fraction of sp³-hybridized carbons (Fsp3) is 0.409. The summed E-state index contributed by atoms with van der Waals surface area (Å²) >= 11 is 0. The molecule has 4 rings (SSSR count). The van der Waals surface area contributed by atoms with Crippen molar-refractivity contribution in [3.8, 4) is 17.2 Å². The van der Waals surface area contributed by atoms with Gasteiger partial charge in [-0.25, -0.2) is 0 Å². The zero-order valence-corrected chi connectivity index (χ0v) is 17.9. The standard InChI is InChI=1S/C22H26N4O4/c1-12(2)20(22-23-15(5)25-30-22)24-21(27)17-10-13(3)26(14(17)4)16-6-7-18-19(11-16)29-9-8-28-18/h6-7,10-12,20H,8-9H2,1-5H3,(H,24,27)/t20-/m1/s1. The molecule has 30 heavy (non-hydrogen) atoms. The van der Waals surface area contributed by atoms with Gasteiger partial charge in [0.2, 0.25) is 5.89 Å². The number of rotatable bonds is 5. The first-order chi connectivity index (χ1) is 14.3. The maximum atomic E-state index is 13.1. The Morgan fingerprint density at radius 2 is 1.83 bits per heavy atom. The Morgan fingerprint density at radius 1 is 1.10 bits per heavy atom. The van der Waals surface area contributed by atoms with Gasteiger partial charge in [-0.2, -0.15) is 4.98 Å². The predicted octanol–water partition coefficient (Wildman–Crippen LogP) is 3.68. The third-order valence-electron chi connectivity index (χ3n) is 5.22. The van der Waals surface area contributed by atoms with Crippen LogP contribution in [0, 0.1) is 26.7 Å². The summed E-state index contributed by atoms with van der Waals surface area (Å²) in [5.74, 6) is 2.32. The van der Waals surface area contributed by atoms with Gasteiger partial charge < -0.3 is 23.9 Å². The summed E-state index contributed by atoms with van der Waals surface area (Å²) in [5.41, 5.74) is 3.31. The van der Waals surface area contributed by atoms with Gasteiger partial charge in [-0.1, -0.05) is 19.0 Å². The van der Waals surface area contributed by atoms with Crippen LogP contribution in [0.5, 0.6) is 11.5 Å². The van der Waals surface area contributed by atoms with Crippen molar-refractivity contribution in [2.24, 2.45) is 5.92 Å². The minimum Gasteiger partial charge on any atom is -0.486 e. The summed E-state index contributed by atoms with van der Waals surface area (Å²) in [7, 11) is 0. The van der Waals surface area contributed by atoms with E-state index in [0.717, 1.165) is 22.8 Å². The molecule has 1 amide bonds. The number of carbonyl (C=O) groups is 1. The number of ether oxygens (including phenoxy) is 2. The van der Waals surface area contributed by atoms with Crippen LogP contribution in [0.3, 0.4) is 0 Å².